The van der Waals surface area contributed by atoms with Crippen LogP contribution >= 0.6 is 11.8 Å². The van der Waals surface area contributed by atoms with Crippen LogP contribution in [-0.2, 0) is 10.5 Å². The number of rotatable bonds is 4. The number of halogens is 1. The zero-order valence-electron chi connectivity index (χ0n) is 10.9. The van der Waals surface area contributed by atoms with Crippen molar-refractivity contribution >= 4 is 23.4 Å². The maximum Gasteiger partial charge on any atom is 0.337 e. The predicted molar refractivity (Wildman–Crippen MR) is 78.2 cm³/mol. The van der Waals surface area contributed by atoms with Crippen molar-refractivity contribution < 1.29 is 13.9 Å². The number of nitrogens with two attached hydrogens (primary N) is 1. The summed E-state index contributed by atoms with van der Waals surface area (Å²) in [5, 5.41) is 0. The fourth-order valence-corrected chi connectivity index (χ4v) is 2.53. The van der Waals surface area contributed by atoms with Crippen LogP contribution in [0.1, 0.15) is 15.9 Å². The lowest BCUT2D eigenvalue weighted by atomic mass is 10.1. The van der Waals surface area contributed by atoms with E-state index in [2.05, 4.69) is 4.74 Å². The van der Waals surface area contributed by atoms with Crippen LogP contribution in [0.3, 0.4) is 0 Å². The van der Waals surface area contributed by atoms with Gasteiger partial charge in [0.25, 0.3) is 0 Å². The van der Waals surface area contributed by atoms with Gasteiger partial charge in [0.1, 0.15) is 5.82 Å². The summed E-state index contributed by atoms with van der Waals surface area (Å²) in [5.74, 6) is -0.0718. The van der Waals surface area contributed by atoms with Gasteiger partial charge in [-0.25, -0.2) is 9.18 Å². The van der Waals surface area contributed by atoms with Gasteiger partial charge in [-0.3, -0.25) is 0 Å². The number of hydrogen-bond donors (Lipinski definition) is 1. The van der Waals surface area contributed by atoms with E-state index in [1.165, 1.54) is 24.9 Å². The molecule has 0 aliphatic carbocycles. The molecule has 0 saturated heterocycles. The second-order valence-corrected chi connectivity index (χ2v) is 5.18. The van der Waals surface area contributed by atoms with Crippen LogP contribution in [0, 0.1) is 5.82 Å². The first kappa shape index (κ1) is 14.4. The Labute approximate surface area is 120 Å². The van der Waals surface area contributed by atoms with Crippen molar-refractivity contribution in [3.63, 3.8) is 0 Å². The molecule has 0 atom stereocenters. The molecule has 2 aromatic carbocycles. The van der Waals surface area contributed by atoms with Crippen molar-refractivity contribution in [1.82, 2.24) is 0 Å². The zero-order chi connectivity index (χ0) is 14.5. The third-order valence-corrected chi connectivity index (χ3v) is 3.85. The predicted octanol–water partition coefficient (Wildman–Crippen LogP) is 3.49. The zero-order valence-corrected chi connectivity index (χ0v) is 11.7. The Morgan fingerprint density at radius 3 is 2.55 bits per heavy atom. The molecule has 104 valence electrons. The first-order valence-electron chi connectivity index (χ1n) is 5.95. The maximum atomic E-state index is 13.6. The SMILES string of the molecule is COC(=O)c1ccc(CSc2ccc(N)cc2F)cc1. The molecule has 5 heteroatoms. The van der Waals surface area contributed by atoms with Gasteiger partial charge in [0.05, 0.1) is 12.7 Å². The van der Waals surface area contributed by atoms with Crippen molar-refractivity contribution in [3.8, 4) is 0 Å². The number of methoxy groups -OCH3 is 1. The van der Waals surface area contributed by atoms with E-state index in [9.17, 15) is 9.18 Å². The van der Waals surface area contributed by atoms with Gasteiger partial charge in [-0.15, -0.1) is 11.8 Å². The van der Waals surface area contributed by atoms with Crippen LogP contribution in [0.15, 0.2) is 47.4 Å². The molecule has 2 N–H and O–H groups in total. The van der Waals surface area contributed by atoms with Crippen LogP contribution in [-0.4, -0.2) is 13.1 Å². The fraction of sp³-hybridized carbons (Fsp3) is 0.133. The van der Waals surface area contributed by atoms with Gasteiger partial charge in [0.2, 0.25) is 0 Å². The van der Waals surface area contributed by atoms with E-state index in [0.717, 1.165) is 5.56 Å². The van der Waals surface area contributed by atoms with Crippen LogP contribution in [0.25, 0.3) is 0 Å². The topological polar surface area (TPSA) is 52.3 Å². The first-order valence-corrected chi connectivity index (χ1v) is 6.94. The van der Waals surface area contributed by atoms with E-state index in [0.29, 0.717) is 21.9 Å². The fourth-order valence-electron chi connectivity index (χ4n) is 1.65. The van der Waals surface area contributed by atoms with Crippen LogP contribution in [0.5, 0.6) is 0 Å². The van der Waals surface area contributed by atoms with Crippen molar-refractivity contribution in [2.24, 2.45) is 0 Å². The Bertz CT molecular complexity index is 614. The number of benzene rings is 2. The van der Waals surface area contributed by atoms with E-state index < -0.39 is 0 Å². The molecule has 2 aromatic rings. The third kappa shape index (κ3) is 3.51. The number of thioether (sulfide) groups is 1. The molecule has 0 aromatic heterocycles. The molecule has 0 bridgehead atoms. The van der Waals surface area contributed by atoms with E-state index in [4.69, 9.17) is 5.73 Å². The van der Waals surface area contributed by atoms with Crippen molar-refractivity contribution in [3.05, 3.63) is 59.4 Å². The number of nitrogen functional groups attached to an aromatic ring is 1. The lowest BCUT2D eigenvalue weighted by Gasteiger charge is -2.05. The molecular formula is C15H14FNO2S. The van der Waals surface area contributed by atoms with Gasteiger partial charge in [-0.05, 0) is 35.9 Å². The molecule has 0 fully saturated rings. The summed E-state index contributed by atoms with van der Waals surface area (Å²) in [6.45, 7) is 0. The minimum Gasteiger partial charge on any atom is -0.465 e. The molecule has 20 heavy (non-hydrogen) atoms. The van der Waals surface area contributed by atoms with E-state index in [1.54, 1.807) is 24.3 Å². The van der Waals surface area contributed by atoms with E-state index in [1.807, 2.05) is 12.1 Å². The summed E-state index contributed by atoms with van der Waals surface area (Å²) >= 11 is 1.38. The summed E-state index contributed by atoms with van der Waals surface area (Å²) in [7, 11) is 1.34. The highest BCUT2D eigenvalue weighted by atomic mass is 32.2. The molecule has 0 heterocycles. The first-order chi connectivity index (χ1) is 9.60. The summed E-state index contributed by atoms with van der Waals surface area (Å²) < 4.78 is 18.2. The lowest BCUT2D eigenvalue weighted by molar-refractivity contribution is 0.0600. The van der Waals surface area contributed by atoms with Gasteiger partial charge < -0.3 is 10.5 Å². The number of carbonyl (C=O) groups is 1. The van der Waals surface area contributed by atoms with Crippen LogP contribution in [0.4, 0.5) is 10.1 Å². The highest BCUT2D eigenvalue weighted by Crippen LogP contribution is 2.26. The van der Waals surface area contributed by atoms with Crippen molar-refractivity contribution in [2.45, 2.75) is 10.6 Å². The minimum absolute atomic E-state index is 0.318. The average Bonchev–Trinajstić information content (AvgIpc) is 2.46. The summed E-state index contributed by atoms with van der Waals surface area (Å²) in [4.78, 5) is 11.8. The number of ether oxygens (including phenoxy) is 1. The minimum atomic E-state index is -0.367. The molecule has 0 unspecified atom stereocenters. The molecule has 0 aliphatic heterocycles. The Kier molecular flexibility index (Phi) is 4.63. The standard InChI is InChI=1S/C15H14FNO2S/c1-19-15(18)11-4-2-10(3-5-11)9-20-14-7-6-12(17)8-13(14)16/h2-8H,9,17H2,1H3. The Morgan fingerprint density at radius 2 is 1.95 bits per heavy atom. The van der Waals surface area contributed by atoms with Gasteiger partial charge in [-0.2, -0.15) is 0 Å². The third-order valence-electron chi connectivity index (χ3n) is 2.73. The lowest BCUT2D eigenvalue weighted by Crippen LogP contribution is -2.00. The monoisotopic (exact) mass is 291 g/mol. The van der Waals surface area contributed by atoms with E-state index >= 15 is 0 Å². The van der Waals surface area contributed by atoms with Gasteiger partial charge in [0, 0.05) is 16.3 Å². The van der Waals surface area contributed by atoms with Crippen molar-refractivity contribution in [2.75, 3.05) is 12.8 Å². The Morgan fingerprint density at radius 1 is 1.25 bits per heavy atom. The number of esters is 1. The summed E-state index contributed by atoms with van der Waals surface area (Å²) in [6, 6.07) is 11.7. The quantitative estimate of drug-likeness (QED) is 0.532. The van der Waals surface area contributed by atoms with Crippen molar-refractivity contribution in [1.29, 1.82) is 0 Å². The Hall–Kier alpha value is -2.01. The van der Waals surface area contributed by atoms with Crippen LogP contribution < -0.4 is 5.73 Å². The molecule has 0 spiro atoms. The average molecular weight is 291 g/mol. The summed E-state index contributed by atoms with van der Waals surface area (Å²) in [6.07, 6.45) is 0. The van der Waals surface area contributed by atoms with Crippen LogP contribution in [0.2, 0.25) is 0 Å². The maximum absolute atomic E-state index is 13.6. The molecular weight excluding hydrogens is 277 g/mol. The Balaban J connectivity index is 2.02. The number of carbonyl (C=O) groups excluding carboxylic acids is 1. The molecule has 0 radical (unpaired) electrons. The molecule has 0 aliphatic rings. The van der Waals surface area contributed by atoms with Gasteiger partial charge >= 0.3 is 5.97 Å². The molecule has 3 nitrogen and oxygen atoms in total. The second kappa shape index (κ2) is 6.43. The summed E-state index contributed by atoms with van der Waals surface area (Å²) in [5.41, 5.74) is 7.41. The van der Waals surface area contributed by atoms with E-state index in [-0.39, 0.29) is 11.8 Å². The van der Waals surface area contributed by atoms with Gasteiger partial charge in [0.15, 0.2) is 0 Å². The second-order valence-electron chi connectivity index (χ2n) is 4.17. The largest absolute Gasteiger partial charge is 0.465 e. The number of anilines is 1. The molecule has 0 amide bonds. The highest BCUT2D eigenvalue weighted by molar-refractivity contribution is 7.98. The highest BCUT2D eigenvalue weighted by Gasteiger charge is 2.06. The molecule has 0 saturated carbocycles. The smallest absolute Gasteiger partial charge is 0.337 e. The van der Waals surface area contributed by atoms with Gasteiger partial charge in [-0.1, -0.05) is 12.1 Å². The molecule has 2 rings (SSSR count). The normalized spacial score (nSPS) is 10.3. The number of hydrogen-bond acceptors (Lipinski definition) is 4.